The Bertz CT molecular complexity index is 309. The summed E-state index contributed by atoms with van der Waals surface area (Å²) in [5, 5.41) is 12.6. The highest BCUT2D eigenvalue weighted by molar-refractivity contribution is 7.11. The Hall–Kier alpha value is -0.940. The van der Waals surface area contributed by atoms with Crippen LogP contribution in [0, 0.1) is 6.92 Å². The van der Waals surface area contributed by atoms with Gasteiger partial charge in [-0.2, -0.15) is 0 Å². The Balaban J connectivity index is 2.76. The number of carbonyl (C=O) groups is 1. The molecule has 0 saturated carbocycles. The number of carboxylic acid groups (broad SMARTS) is 1. The molecule has 0 unspecified atom stereocenters. The molecule has 1 rings (SSSR count). The van der Waals surface area contributed by atoms with E-state index < -0.39 is 5.97 Å². The summed E-state index contributed by atoms with van der Waals surface area (Å²) in [7, 11) is 1.86. The van der Waals surface area contributed by atoms with E-state index in [0.29, 0.717) is 0 Å². The average molecular weight is 200 g/mol. The van der Waals surface area contributed by atoms with Gasteiger partial charge in [0, 0.05) is 17.8 Å². The third-order valence-corrected chi connectivity index (χ3v) is 2.66. The van der Waals surface area contributed by atoms with Gasteiger partial charge < -0.3 is 10.4 Å². The number of aromatic nitrogens is 1. The summed E-state index contributed by atoms with van der Waals surface area (Å²) in [6.07, 6.45) is 0.787. The molecule has 4 nitrogen and oxygen atoms in total. The van der Waals surface area contributed by atoms with Crippen molar-refractivity contribution in [1.29, 1.82) is 0 Å². The minimum atomic E-state index is -0.940. The average Bonchev–Trinajstić information content (AvgIpc) is 2.43. The lowest BCUT2D eigenvalue weighted by Gasteiger charge is -1.92. The highest BCUT2D eigenvalue weighted by Gasteiger charge is 2.13. The first-order chi connectivity index (χ1) is 6.15. The second-order valence-electron chi connectivity index (χ2n) is 2.67. The fourth-order valence-corrected chi connectivity index (χ4v) is 1.91. The third-order valence-electron chi connectivity index (χ3n) is 1.63. The van der Waals surface area contributed by atoms with Crippen molar-refractivity contribution in [2.75, 3.05) is 13.6 Å². The Morgan fingerprint density at radius 2 is 2.38 bits per heavy atom. The van der Waals surface area contributed by atoms with Gasteiger partial charge in [0.05, 0.1) is 5.01 Å². The van der Waals surface area contributed by atoms with Gasteiger partial charge in [0.2, 0.25) is 0 Å². The molecule has 0 aromatic carbocycles. The molecule has 0 fully saturated rings. The van der Waals surface area contributed by atoms with Crippen LogP contribution in [0.3, 0.4) is 0 Å². The Labute approximate surface area is 80.6 Å². The van der Waals surface area contributed by atoms with E-state index in [4.69, 9.17) is 5.11 Å². The van der Waals surface area contributed by atoms with E-state index in [2.05, 4.69) is 10.3 Å². The van der Waals surface area contributed by atoms with Crippen LogP contribution in [0.4, 0.5) is 0 Å². The molecular formula is C8H12N2O2S. The summed E-state index contributed by atoms with van der Waals surface area (Å²) in [5.41, 5.74) is 0.191. The van der Waals surface area contributed by atoms with Gasteiger partial charge in [-0.25, -0.2) is 9.78 Å². The normalized spacial score (nSPS) is 10.3. The molecule has 1 aromatic rings. The largest absolute Gasteiger partial charge is 0.476 e. The number of nitrogens with one attached hydrogen (secondary N) is 1. The molecule has 0 radical (unpaired) electrons. The number of carboxylic acids is 1. The van der Waals surface area contributed by atoms with Crippen LogP contribution in [0.5, 0.6) is 0 Å². The van der Waals surface area contributed by atoms with Gasteiger partial charge in [-0.15, -0.1) is 11.3 Å². The zero-order valence-corrected chi connectivity index (χ0v) is 8.44. The number of aromatic carboxylic acids is 1. The first-order valence-corrected chi connectivity index (χ1v) is 4.81. The molecule has 13 heavy (non-hydrogen) atoms. The molecule has 0 aliphatic carbocycles. The zero-order chi connectivity index (χ0) is 9.84. The maximum Gasteiger partial charge on any atom is 0.355 e. The topological polar surface area (TPSA) is 62.2 Å². The van der Waals surface area contributed by atoms with Gasteiger partial charge >= 0.3 is 5.97 Å². The highest BCUT2D eigenvalue weighted by Crippen LogP contribution is 2.17. The van der Waals surface area contributed by atoms with Crippen LogP contribution in [0.1, 0.15) is 20.4 Å². The summed E-state index contributed by atoms with van der Waals surface area (Å²) in [4.78, 5) is 15.4. The first kappa shape index (κ1) is 10.1. The van der Waals surface area contributed by atoms with Crippen molar-refractivity contribution in [2.45, 2.75) is 13.3 Å². The minimum absolute atomic E-state index is 0.191. The van der Waals surface area contributed by atoms with Gasteiger partial charge in [-0.1, -0.05) is 0 Å². The molecule has 1 aromatic heterocycles. The summed E-state index contributed by atoms with van der Waals surface area (Å²) in [6.45, 7) is 2.61. The van der Waals surface area contributed by atoms with Crippen molar-refractivity contribution >= 4 is 17.3 Å². The maximum atomic E-state index is 10.6. The molecule has 72 valence electrons. The molecule has 0 atom stereocenters. The van der Waals surface area contributed by atoms with Crippen molar-refractivity contribution in [2.24, 2.45) is 0 Å². The number of hydrogen-bond acceptors (Lipinski definition) is 4. The number of hydrogen-bond donors (Lipinski definition) is 2. The number of aryl methyl sites for hydroxylation is 1. The van der Waals surface area contributed by atoms with Crippen molar-refractivity contribution in [3.63, 3.8) is 0 Å². The van der Waals surface area contributed by atoms with Crippen LogP contribution in [-0.2, 0) is 6.42 Å². The lowest BCUT2D eigenvalue weighted by molar-refractivity contribution is 0.0690. The van der Waals surface area contributed by atoms with Crippen molar-refractivity contribution in [3.05, 3.63) is 15.6 Å². The fraction of sp³-hybridized carbons (Fsp3) is 0.500. The summed E-state index contributed by atoms with van der Waals surface area (Å²) in [6, 6.07) is 0. The number of thiazole rings is 1. The fourth-order valence-electron chi connectivity index (χ4n) is 0.989. The summed E-state index contributed by atoms with van der Waals surface area (Å²) in [5.74, 6) is -0.940. The molecule has 5 heteroatoms. The second-order valence-corrected chi connectivity index (χ2v) is 3.96. The molecule has 0 aliphatic rings. The van der Waals surface area contributed by atoms with Crippen molar-refractivity contribution in [3.8, 4) is 0 Å². The molecule has 0 aliphatic heterocycles. The Morgan fingerprint density at radius 1 is 1.69 bits per heavy atom. The lowest BCUT2D eigenvalue weighted by atomic mass is 10.4. The zero-order valence-electron chi connectivity index (χ0n) is 7.63. The Kier molecular flexibility index (Phi) is 3.39. The van der Waals surface area contributed by atoms with E-state index >= 15 is 0 Å². The van der Waals surface area contributed by atoms with Crippen LogP contribution in [0.15, 0.2) is 0 Å². The van der Waals surface area contributed by atoms with Gasteiger partial charge in [0.15, 0.2) is 5.69 Å². The van der Waals surface area contributed by atoms with Crippen LogP contribution in [0.25, 0.3) is 0 Å². The van der Waals surface area contributed by atoms with Crippen molar-refractivity contribution < 1.29 is 9.90 Å². The number of rotatable bonds is 4. The second kappa shape index (κ2) is 4.34. The van der Waals surface area contributed by atoms with Crippen molar-refractivity contribution in [1.82, 2.24) is 10.3 Å². The van der Waals surface area contributed by atoms with Gasteiger partial charge in [0.1, 0.15) is 0 Å². The maximum absolute atomic E-state index is 10.6. The molecule has 0 bridgehead atoms. The SMILES string of the molecule is CNCCc1nc(C(=O)O)c(C)s1. The van der Waals surface area contributed by atoms with E-state index in [9.17, 15) is 4.79 Å². The van der Waals surface area contributed by atoms with E-state index in [1.54, 1.807) is 6.92 Å². The molecule has 0 amide bonds. The van der Waals surface area contributed by atoms with Gasteiger partial charge in [-0.05, 0) is 14.0 Å². The monoisotopic (exact) mass is 200 g/mol. The molecule has 2 N–H and O–H groups in total. The smallest absolute Gasteiger partial charge is 0.355 e. The van der Waals surface area contributed by atoms with E-state index in [-0.39, 0.29) is 5.69 Å². The third kappa shape index (κ3) is 2.50. The molecule has 1 heterocycles. The van der Waals surface area contributed by atoms with Crippen LogP contribution >= 0.6 is 11.3 Å². The van der Waals surface area contributed by atoms with Crippen LogP contribution < -0.4 is 5.32 Å². The minimum Gasteiger partial charge on any atom is -0.476 e. The first-order valence-electron chi connectivity index (χ1n) is 3.99. The quantitative estimate of drug-likeness (QED) is 0.758. The predicted octanol–water partition coefficient (Wildman–Crippen LogP) is 0.912. The molecular weight excluding hydrogens is 188 g/mol. The van der Waals surface area contributed by atoms with E-state index in [1.807, 2.05) is 7.05 Å². The van der Waals surface area contributed by atoms with Crippen LogP contribution in [-0.4, -0.2) is 29.7 Å². The standard InChI is InChI=1S/C8H12N2O2S/c1-5-7(8(11)12)10-6(13-5)3-4-9-2/h9H,3-4H2,1-2H3,(H,11,12). The van der Waals surface area contributed by atoms with Gasteiger partial charge in [0.25, 0.3) is 0 Å². The van der Waals surface area contributed by atoms with Gasteiger partial charge in [-0.3, -0.25) is 0 Å². The highest BCUT2D eigenvalue weighted by atomic mass is 32.1. The number of nitrogens with zero attached hydrogens (tertiary/aromatic N) is 1. The molecule has 0 spiro atoms. The van der Waals surface area contributed by atoms with E-state index in [0.717, 1.165) is 22.9 Å². The van der Waals surface area contributed by atoms with E-state index in [1.165, 1.54) is 11.3 Å². The predicted molar refractivity (Wildman–Crippen MR) is 51.4 cm³/mol. The molecule has 0 saturated heterocycles. The number of likely N-dealkylation sites (N-methyl/N-ethyl adjacent to an activating group) is 1. The Morgan fingerprint density at radius 3 is 2.85 bits per heavy atom. The summed E-state index contributed by atoms with van der Waals surface area (Å²) >= 11 is 1.45. The lowest BCUT2D eigenvalue weighted by Crippen LogP contribution is -2.10. The summed E-state index contributed by atoms with van der Waals surface area (Å²) < 4.78 is 0. The van der Waals surface area contributed by atoms with Crippen LogP contribution in [0.2, 0.25) is 0 Å².